The first kappa shape index (κ1) is 98.1. The number of hydrogen-bond acceptors (Lipinski definition) is 15. The zero-order valence-corrected chi connectivity index (χ0v) is 67.6. The van der Waals surface area contributed by atoms with Crippen molar-refractivity contribution in [3.63, 3.8) is 0 Å². The smallest absolute Gasteiger partial charge is 0.462 e. The van der Waals surface area contributed by atoms with Gasteiger partial charge >= 0.3 is 39.5 Å². The largest absolute Gasteiger partial charge is 0.472 e. The van der Waals surface area contributed by atoms with E-state index >= 15 is 0 Å². The fraction of sp³-hybridized carbons (Fsp3) is 0.951. The lowest BCUT2D eigenvalue weighted by molar-refractivity contribution is -0.161. The Morgan fingerprint density at radius 2 is 0.480 bits per heavy atom. The van der Waals surface area contributed by atoms with Crippen LogP contribution >= 0.6 is 15.6 Å². The third-order valence-electron chi connectivity index (χ3n) is 19.9. The first-order valence-electron chi connectivity index (χ1n) is 41.8. The number of aliphatic hydroxyl groups excluding tert-OH is 1. The van der Waals surface area contributed by atoms with Gasteiger partial charge in [-0.25, -0.2) is 9.13 Å². The average Bonchev–Trinajstić information content (AvgIpc) is 1.07. The van der Waals surface area contributed by atoms with Gasteiger partial charge in [0.05, 0.1) is 26.4 Å². The van der Waals surface area contributed by atoms with Crippen molar-refractivity contribution in [2.45, 2.75) is 433 Å². The second-order valence-corrected chi connectivity index (χ2v) is 33.3. The third kappa shape index (κ3) is 70.4. The lowest BCUT2D eigenvalue weighted by Gasteiger charge is -2.21. The van der Waals surface area contributed by atoms with Gasteiger partial charge < -0.3 is 33.8 Å². The van der Waals surface area contributed by atoms with E-state index in [0.717, 1.165) is 126 Å². The molecule has 594 valence electrons. The molecule has 8 atom stereocenters. The number of phosphoric acid groups is 2. The van der Waals surface area contributed by atoms with Crippen LogP contribution < -0.4 is 0 Å². The summed E-state index contributed by atoms with van der Waals surface area (Å²) in [5, 5.41) is 10.6. The molecule has 0 radical (unpaired) electrons. The van der Waals surface area contributed by atoms with Crippen molar-refractivity contribution in [2.24, 2.45) is 23.7 Å². The molecular formula is C81H158O17P2. The first-order valence-corrected chi connectivity index (χ1v) is 44.8. The number of hydrogen-bond donors (Lipinski definition) is 3. The maximum atomic E-state index is 13.1. The van der Waals surface area contributed by atoms with E-state index in [2.05, 4.69) is 55.4 Å². The van der Waals surface area contributed by atoms with Crippen molar-refractivity contribution < 1.29 is 80.2 Å². The van der Waals surface area contributed by atoms with Gasteiger partial charge in [-0.3, -0.25) is 37.3 Å². The average molecular weight is 1470 g/mol. The Hall–Kier alpha value is -1.94. The number of carbonyl (C=O) groups excluding carboxylic acids is 4. The maximum Gasteiger partial charge on any atom is 0.472 e. The molecule has 19 heteroatoms. The fourth-order valence-corrected chi connectivity index (χ4v) is 13.9. The van der Waals surface area contributed by atoms with Crippen LogP contribution in [0.4, 0.5) is 0 Å². The molecule has 0 fully saturated rings. The number of unbranched alkanes of at least 4 members (excludes halogenated alkanes) is 41. The molecule has 0 aromatic carbocycles. The highest BCUT2D eigenvalue weighted by molar-refractivity contribution is 7.47. The summed E-state index contributed by atoms with van der Waals surface area (Å²) < 4.78 is 68.6. The van der Waals surface area contributed by atoms with E-state index in [1.807, 2.05) is 0 Å². The molecule has 0 aliphatic carbocycles. The first-order chi connectivity index (χ1) is 48.2. The molecule has 0 rings (SSSR count). The van der Waals surface area contributed by atoms with Gasteiger partial charge in [-0.15, -0.1) is 0 Å². The lowest BCUT2D eigenvalue weighted by atomic mass is 9.99. The highest BCUT2D eigenvalue weighted by Crippen LogP contribution is 2.45. The highest BCUT2D eigenvalue weighted by atomic mass is 31.2. The Kier molecular flexibility index (Phi) is 68.7. The van der Waals surface area contributed by atoms with Crippen LogP contribution in [0.2, 0.25) is 0 Å². The van der Waals surface area contributed by atoms with E-state index in [4.69, 9.17) is 37.0 Å². The fourth-order valence-electron chi connectivity index (χ4n) is 12.3. The molecule has 0 aliphatic rings. The van der Waals surface area contributed by atoms with E-state index in [1.165, 1.54) is 205 Å². The van der Waals surface area contributed by atoms with Gasteiger partial charge in [-0.05, 0) is 49.4 Å². The molecule has 5 unspecified atom stereocenters. The van der Waals surface area contributed by atoms with Crippen LogP contribution in [0.3, 0.4) is 0 Å². The molecule has 0 aromatic rings. The molecule has 0 amide bonds. The zero-order valence-electron chi connectivity index (χ0n) is 65.8. The predicted octanol–water partition coefficient (Wildman–Crippen LogP) is 24.0. The quantitative estimate of drug-likeness (QED) is 0.0222. The molecule has 0 heterocycles. The number of esters is 4. The molecule has 0 saturated carbocycles. The van der Waals surface area contributed by atoms with Gasteiger partial charge in [0, 0.05) is 25.7 Å². The summed E-state index contributed by atoms with van der Waals surface area (Å²) in [7, 11) is -9.92. The van der Waals surface area contributed by atoms with Crippen molar-refractivity contribution in [1.82, 2.24) is 0 Å². The van der Waals surface area contributed by atoms with Gasteiger partial charge in [-0.1, -0.05) is 364 Å². The van der Waals surface area contributed by atoms with Crippen LogP contribution in [0.25, 0.3) is 0 Å². The van der Waals surface area contributed by atoms with Gasteiger partial charge in [0.15, 0.2) is 12.2 Å². The number of phosphoric ester groups is 2. The van der Waals surface area contributed by atoms with Crippen molar-refractivity contribution in [3.8, 4) is 0 Å². The Morgan fingerprint density at radius 3 is 0.710 bits per heavy atom. The van der Waals surface area contributed by atoms with Crippen LogP contribution in [0.1, 0.15) is 415 Å². The van der Waals surface area contributed by atoms with E-state index in [1.54, 1.807) is 0 Å². The summed E-state index contributed by atoms with van der Waals surface area (Å²) in [6.07, 6.45) is 57.0. The summed E-state index contributed by atoms with van der Waals surface area (Å²) in [6.45, 7) is 14.3. The SMILES string of the molecule is CCC(C)CCCCCCCCCCCCCCCCCCCCC(=O)O[C@H](COC(=O)CCCCCCCCC(C)CC)COP(=O)(O)OC[C@@H](O)COP(=O)(O)OC[C@@H](COC(=O)CCCCCCCCC(C)CC)OC(=O)CCCCCCCCCCCCCCCCCC(C)C. The number of ether oxygens (including phenoxy) is 4. The molecule has 0 bridgehead atoms. The Labute approximate surface area is 613 Å². The Bertz CT molecular complexity index is 1960. The predicted molar refractivity (Wildman–Crippen MR) is 409 cm³/mol. The van der Waals surface area contributed by atoms with Gasteiger partial charge in [-0.2, -0.15) is 0 Å². The van der Waals surface area contributed by atoms with Crippen LogP contribution in [0.15, 0.2) is 0 Å². The minimum atomic E-state index is -4.96. The van der Waals surface area contributed by atoms with Crippen LogP contribution in [-0.2, 0) is 65.4 Å². The molecule has 17 nitrogen and oxygen atoms in total. The molecule has 100 heavy (non-hydrogen) atoms. The van der Waals surface area contributed by atoms with Crippen molar-refractivity contribution in [3.05, 3.63) is 0 Å². The highest BCUT2D eigenvalue weighted by Gasteiger charge is 2.30. The van der Waals surface area contributed by atoms with Crippen LogP contribution in [0, 0.1) is 23.7 Å². The van der Waals surface area contributed by atoms with Crippen molar-refractivity contribution >= 4 is 39.5 Å². The summed E-state index contributed by atoms with van der Waals surface area (Å²) in [6, 6.07) is 0. The number of aliphatic hydroxyl groups is 1. The summed E-state index contributed by atoms with van der Waals surface area (Å²) >= 11 is 0. The van der Waals surface area contributed by atoms with E-state index < -0.39 is 97.5 Å². The molecular weight excluding hydrogens is 1310 g/mol. The van der Waals surface area contributed by atoms with Gasteiger partial charge in [0.1, 0.15) is 19.3 Å². The summed E-state index contributed by atoms with van der Waals surface area (Å²) in [5.74, 6) is 1.02. The van der Waals surface area contributed by atoms with Gasteiger partial charge in [0.2, 0.25) is 0 Å². The molecule has 0 aromatic heterocycles. The van der Waals surface area contributed by atoms with E-state index in [9.17, 15) is 43.2 Å². The Morgan fingerprint density at radius 1 is 0.280 bits per heavy atom. The zero-order chi connectivity index (χ0) is 73.8. The van der Waals surface area contributed by atoms with Gasteiger partial charge in [0.25, 0.3) is 0 Å². The normalized spacial score (nSPS) is 14.8. The minimum absolute atomic E-state index is 0.106. The minimum Gasteiger partial charge on any atom is -0.462 e. The second kappa shape index (κ2) is 70.1. The maximum absolute atomic E-state index is 13.1. The Balaban J connectivity index is 5.17. The van der Waals surface area contributed by atoms with E-state index in [0.29, 0.717) is 25.7 Å². The molecule has 0 saturated heterocycles. The van der Waals surface area contributed by atoms with Crippen LogP contribution in [0.5, 0.6) is 0 Å². The number of rotatable bonds is 78. The molecule has 0 spiro atoms. The monoisotopic (exact) mass is 1470 g/mol. The standard InChI is InChI=1S/C81H158O17P2/c1-9-72(6)58-50-42-34-30-26-22-18-14-12-13-15-19-23-27-31-35-47-55-63-80(85)97-76(67-91-78(83)61-53-45-39-37-43-51-59-73(7)10-2)69-95-99(87,88)93-65-75(82)66-94-100(89,90)96-70-77(68-92-79(84)62-54-46-40-38-44-52-60-74(8)11-3)98-81(86)64-56-48-36-32-28-24-20-16-17-21-25-29-33-41-49-57-71(4)5/h71-77,82H,9-70H2,1-8H3,(H,87,88)(H,89,90)/t72?,73?,74?,75-,76-,77-/m1/s1. The summed E-state index contributed by atoms with van der Waals surface area (Å²) in [5.41, 5.74) is 0. The van der Waals surface area contributed by atoms with Crippen molar-refractivity contribution in [1.29, 1.82) is 0 Å². The van der Waals surface area contributed by atoms with Crippen LogP contribution in [-0.4, -0.2) is 96.7 Å². The molecule has 0 aliphatic heterocycles. The van der Waals surface area contributed by atoms with E-state index in [-0.39, 0.29) is 25.7 Å². The number of carbonyl (C=O) groups is 4. The summed E-state index contributed by atoms with van der Waals surface area (Å²) in [4.78, 5) is 72.9. The second-order valence-electron chi connectivity index (χ2n) is 30.4. The lowest BCUT2D eigenvalue weighted by Crippen LogP contribution is -2.30. The van der Waals surface area contributed by atoms with Crippen molar-refractivity contribution in [2.75, 3.05) is 39.6 Å². The molecule has 3 N–H and O–H groups in total. The third-order valence-corrected chi connectivity index (χ3v) is 21.8. The topological polar surface area (TPSA) is 237 Å².